The number of hydrogen-bond acceptors (Lipinski definition) is 5. The van der Waals surface area contributed by atoms with Crippen LogP contribution < -0.4 is 10.2 Å². The lowest BCUT2D eigenvalue weighted by atomic mass is 10.1. The van der Waals surface area contributed by atoms with Crippen molar-refractivity contribution < 1.29 is 18.7 Å². The molecule has 5 heteroatoms. The lowest BCUT2D eigenvalue weighted by molar-refractivity contribution is -0.126. The summed E-state index contributed by atoms with van der Waals surface area (Å²) < 4.78 is 17.3. The normalized spacial score (nSPS) is 16.3. The number of allylic oxidation sites excluding steroid dienone is 1. The van der Waals surface area contributed by atoms with Gasteiger partial charge in [-0.05, 0) is 56.7 Å². The Hall–Kier alpha value is -3.34. The van der Waals surface area contributed by atoms with Crippen LogP contribution in [0.1, 0.15) is 20.8 Å². The van der Waals surface area contributed by atoms with Gasteiger partial charge >= 0.3 is 0 Å². The molecule has 3 aromatic rings. The van der Waals surface area contributed by atoms with E-state index in [1.165, 1.54) is 6.08 Å². The second kappa shape index (κ2) is 6.68. The third-order valence-corrected chi connectivity index (χ3v) is 4.80. The minimum Gasteiger partial charge on any atom is -0.489 e. The van der Waals surface area contributed by atoms with Crippen molar-refractivity contribution in [1.29, 1.82) is 0 Å². The zero-order chi connectivity index (χ0) is 19.9. The topological polar surface area (TPSA) is 65.7 Å². The van der Waals surface area contributed by atoms with Crippen molar-refractivity contribution in [2.45, 2.75) is 26.4 Å². The van der Waals surface area contributed by atoms with Gasteiger partial charge in [-0.3, -0.25) is 9.59 Å². The zero-order valence-corrected chi connectivity index (χ0v) is 15.9. The molecule has 1 aliphatic heterocycles. The van der Waals surface area contributed by atoms with E-state index in [1.54, 1.807) is 44.2 Å². The van der Waals surface area contributed by atoms with Crippen molar-refractivity contribution in [2.24, 2.45) is 0 Å². The molecular formula is C23H20O5. The maximum atomic E-state index is 12.6. The third-order valence-electron chi connectivity index (χ3n) is 4.80. The zero-order valence-electron chi connectivity index (χ0n) is 15.9. The molecule has 0 atom stereocenters. The second-order valence-corrected chi connectivity index (χ2v) is 7.27. The summed E-state index contributed by atoms with van der Waals surface area (Å²) >= 11 is 0. The summed E-state index contributed by atoms with van der Waals surface area (Å²) in [5.41, 5.74) is 0.986. The SMILES string of the molecule is C/C(=C/COc1ccc2c(=O)c3ccccc3oc2c1)C1=CC(=O)C(C)(C)O1. The molecule has 0 bridgehead atoms. The Bertz CT molecular complexity index is 1210. The fourth-order valence-electron chi connectivity index (χ4n) is 3.08. The van der Waals surface area contributed by atoms with Gasteiger partial charge in [0.25, 0.3) is 0 Å². The molecule has 1 aromatic heterocycles. The van der Waals surface area contributed by atoms with Gasteiger partial charge in [0.1, 0.15) is 29.3 Å². The Morgan fingerprint density at radius 1 is 1.07 bits per heavy atom. The summed E-state index contributed by atoms with van der Waals surface area (Å²) in [7, 11) is 0. The molecule has 4 rings (SSSR count). The standard InChI is InChI=1S/C23H20O5/c1-14(19-13-21(24)23(2,3)28-19)10-11-26-15-8-9-17-20(12-15)27-18-7-5-4-6-16(18)22(17)25/h4-10,12-13H,11H2,1-3H3/b14-10-. The monoisotopic (exact) mass is 376 g/mol. The Balaban J connectivity index is 1.54. The maximum Gasteiger partial charge on any atom is 0.202 e. The van der Waals surface area contributed by atoms with Crippen LogP contribution in [0.25, 0.3) is 21.9 Å². The molecule has 0 radical (unpaired) electrons. The van der Waals surface area contributed by atoms with Gasteiger partial charge in [-0.15, -0.1) is 0 Å². The van der Waals surface area contributed by atoms with E-state index in [0.29, 0.717) is 40.1 Å². The van der Waals surface area contributed by atoms with E-state index < -0.39 is 5.60 Å². The molecule has 0 fully saturated rings. The smallest absolute Gasteiger partial charge is 0.202 e. The van der Waals surface area contributed by atoms with Crippen LogP contribution in [-0.2, 0) is 9.53 Å². The molecule has 0 amide bonds. The highest BCUT2D eigenvalue weighted by molar-refractivity contribution is 5.99. The van der Waals surface area contributed by atoms with Crippen molar-refractivity contribution in [3.63, 3.8) is 0 Å². The number of rotatable bonds is 4. The van der Waals surface area contributed by atoms with Crippen LogP contribution in [0.4, 0.5) is 0 Å². The summed E-state index contributed by atoms with van der Waals surface area (Å²) in [4.78, 5) is 24.4. The molecule has 0 N–H and O–H groups in total. The fraction of sp³-hybridized carbons (Fsp3) is 0.217. The van der Waals surface area contributed by atoms with Crippen LogP contribution in [0, 0.1) is 0 Å². The largest absolute Gasteiger partial charge is 0.489 e. The molecular weight excluding hydrogens is 356 g/mol. The van der Waals surface area contributed by atoms with Gasteiger partial charge in [0.05, 0.1) is 10.8 Å². The van der Waals surface area contributed by atoms with Gasteiger partial charge in [0.15, 0.2) is 5.60 Å². The van der Waals surface area contributed by atoms with Crippen LogP contribution in [-0.4, -0.2) is 18.0 Å². The second-order valence-electron chi connectivity index (χ2n) is 7.27. The molecule has 2 aromatic carbocycles. The van der Waals surface area contributed by atoms with Crippen LogP contribution in [0.2, 0.25) is 0 Å². The number of ketones is 1. The first-order valence-electron chi connectivity index (χ1n) is 9.06. The van der Waals surface area contributed by atoms with Gasteiger partial charge in [-0.2, -0.15) is 0 Å². The molecule has 0 saturated carbocycles. The molecule has 0 saturated heterocycles. The molecule has 2 heterocycles. The van der Waals surface area contributed by atoms with E-state index in [-0.39, 0.29) is 11.2 Å². The first-order valence-corrected chi connectivity index (χ1v) is 9.06. The molecule has 1 aliphatic rings. The number of benzene rings is 2. The molecule has 5 nitrogen and oxygen atoms in total. The van der Waals surface area contributed by atoms with Gasteiger partial charge < -0.3 is 13.9 Å². The van der Waals surface area contributed by atoms with Crippen LogP contribution in [0.3, 0.4) is 0 Å². The predicted molar refractivity (Wildman–Crippen MR) is 107 cm³/mol. The third kappa shape index (κ3) is 3.20. The summed E-state index contributed by atoms with van der Waals surface area (Å²) in [5, 5.41) is 1.08. The van der Waals surface area contributed by atoms with Gasteiger partial charge in [-0.25, -0.2) is 0 Å². The van der Waals surface area contributed by atoms with Gasteiger partial charge in [-0.1, -0.05) is 12.1 Å². The van der Waals surface area contributed by atoms with Gasteiger partial charge in [0.2, 0.25) is 11.2 Å². The van der Waals surface area contributed by atoms with Crippen molar-refractivity contribution in [1.82, 2.24) is 0 Å². The number of fused-ring (bicyclic) bond motifs is 2. The highest BCUT2D eigenvalue weighted by Crippen LogP contribution is 2.28. The van der Waals surface area contributed by atoms with E-state index in [4.69, 9.17) is 13.9 Å². The van der Waals surface area contributed by atoms with Crippen LogP contribution in [0.15, 0.2) is 75.2 Å². The number of para-hydroxylation sites is 1. The summed E-state index contributed by atoms with van der Waals surface area (Å²) in [6, 6.07) is 12.3. The maximum absolute atomic E-state index is 12.6. The average molecular weight is 376 g/mol. The highest BCUT2D eigenvalue weighted by Gasteiger charge is 2.35. The Morgan fingerprint density at radius 2 is 1.82 bits per heavy atom. The molecule has 28 heavy (non-hydrogen) atoms. The van der Waals surface area contributed by atoms with E-state index in [0.717, 1.165) is 5.57 Å². The summed E-state index contributed by atoms with van der Waals surface area (Å²) in [6.45, 7) is 5.66. The van der Waals surface area contributed by atoms with Gasteiger partial charge in [0, 0.05) is 12.1 Å². The Labute approximate surface area is 161 Å². The first kappa shape index (κ1) is 18.0. The molecule has 0 aliphatic carbocycles. The van der Waals surface area contributed by atoms with E-state index in [1.807, 2.05) is 25.1 Å². The number of carbonyl (C=O) groups excluding carboxylic acids is 1. The molecule has 0 spiro atoms. The van der Waals surface area contributed by atoms with Crippen molar-refractivity contribution in [3.8, 4) is 5.75 Å². The number of ether oxygens (including phenoxy) is 2. The number of hydrogen-bond donors (Lipinski definition) is 0. The molecule has 0 unspecified atom stereocenters. The lowest BCUT2D eigenvalue weighted by Gasteiger charge is -2.18. The minimum absolute atomic E-state index is 0.0482. The van der Waals surface area contributed by atoms with Crippen molar-refractivity contribution >= 4 is 27.7 Å². The van der Waals surface area contributed by atoms with Crippen LogP contribution in [0.5, 0.6) is 5.75 Å². The van der Waals surface area contributed by atoms with Crippen molar-refractivity contribution in [3.05, 3.63) is 76.2 Å². The first-order chi connectivity index (χ1) is 13.3. The highest BCUT2D eigenvalue weighted by atomic mass is 16.5. The molecule has 142 valence electrons. The minimum atomic E-state index is -0.816. The Morgan fingerprint density at radius 3 is 2.57 bits per heavy atom. The lowest BCUT2D eigenvalue weighted by Crippen LogP contribution is -2.27. The quantitative estimate of drug-likeness (QED) is 0.626. The van der Waals surface area contributed by atoms with E-state index >= 15 is 0 Å². The summed E-state index contributed by atoms with van der Waals surface area (Å²) in [6.07, 6.45) is 3.36. The van der Waals surface area contributed by atoms with E-state index in [2.05, 4.69) is 0 Å². The van der Waals surface area contributed by atoms with E-state index in [9.17, 15) is 9.59 Å². The summed E-state index contributed by atoms with van der Waals surface area (Å²) in [5.74, 6) is 1.11. The predicted octanol–water partition coefficient (Wildman–Crippen LogP) is 4.53. The van der Waals surface area contributed by atoms with Crippen LogP contribution >= 0.6 is 0 Å². The number of carbonyl (C=O) groups is 1. The fourth-order valence-corrected chi connectivity index (χ4v) is 3.08. The average Bonchev–Trinajstić information content (AvgIpc) is 2.95. The van der Waals surface area contributed by atoms with Crippen molar-refractivity contribution in [2.75, 3.05) is 6.61 Å². The Kier molecular flexibility index (Phi) is 4.30.